The Morgan fingerprint density at radius 2 is 1.81 bits per heavy atom. The SMILES string of the molecule is CCCC(NC(=O)c1ccc(S(=O)(=O)N(CC)CC)cc1)C(=O)N1CCc2sccc2C1. The van der Waals surface area contributed by atoms with Gasteiger partial charge >= 0.3 is 0 Å². The van der Waals surface area contributed by atoms with E-state index in [4.69, 9.17) is 0 Å². The van der Waals surface area contributed by atoms with Crippen LogP contribution < -0.4 is 5.32 Å². The summed E-state index contributed by atoms with van der Waals surface area (Å²) in [5.41, 5.74) is 1.51. The van der Waals surface area contributed by atoms with Gasteiger partial charge in [0, 0.05) is 36.6 Å². The predicted molar refractivity (Wildman–Crippen MR) is 126 cm³/mol. The third-order valence-corrected chi connectivity index (χ3v) is 8.85. The lowest BCUT2D eigenvalue weighted by atomic mass is 10.1. The van der Waals surface area contributed by atoms with Gasteiger partial charge in [0.15, 0.2) is 0 Å². The second-order valence-corrected chi connectivity index (χ2v) is 10.7. The molecule has 1 aromatic heterocycles. The summed E-state index contributed by atoms with van der Waals surface area (Å²) in [7, 11) is -3.58. The summed E-state index contributed by atoms with van der Waals surface area (Å²) in [6.45, 7) is 7.54. The van der Waals surface area contributed by atoms with Crippen molar-refractivity contribution < 1.29 is 18.0 Å². The maximum atomic E-state index is 13.1. The standard InChI is InChI=1S/C23H31N3O4S2/c1-4-7-20(23(28)25-14-12-21-18(16-25)13-15-31-21)24-22(27)17-8-10-19(11-9-17)32(29,30)26(5-2)6-3/h8-11,13,15,20H,4-7,12,14,16H2,1-3H3,(H,24,27). The third kappa shape index (κ3) is 5.22. The first-order chi connectivity index (χ1) is 15.3. The van der Waals surface area contributed by atoms with E-state index in [1.54, 1.807) is 25.2 Å². The Morgan fingerprint density at radius 1 is 1.12 bits per heavy atom. The Hall–Kier alpha value is -2.23. The van der Waals surface area contributed by atoms with Gasteiger partial charge in [0.25, 0.3) is 5.91 Å². The number of benzene rings is 1. The van der Waals surface area contributed by atoms with Crippen molar-refractivity contribution in [2.24, 2.45) is 0 Å². The molecule has 1 unspecified atom stereocenters. The Labute approximate surface area is 194 Å². The van der Waals surface area contributed by atoms with Crippen LogP contribution in [0.25, 0.3) is 0 Å². The number of rotatable bonds is 9. The van der Waals surface area contributed by atoms with Gasteiger partial charge in [0.2, 0.25) is 15.9 Å². The van der Waals surface area contributed by atoms with Gasteiger partial charge in [0.1, 0.15) is 6.04 Å². The first-order valence-electron chi connectivity index (χ1n) is 11.1. The zero-order valence-electron chi connectivity index (χ0n) is 18.8. The maximum Gasteiger partial charge on any atom is 0.251 e. The van der Waals surface area contributed by atoms with E-state index in [0.29, 0.717) is 38.2 Å². The molecule has 0 aliphatic carbocycles. The number of carbonyl (C=O) groups excluding carboxylic acids is 2. The number of nitrogens with one attached hydrogen (secondary N) is 1. The van der Waals surface area contributed by atoms with Gasteiger partial charge in [-0.2, -0.15) is 4.31 Å². The summed E-state index contributed by atoms with van der Waals surface area (Å²) in [5.74, 6) is -0.449. The molecular weight excluding hydrogens is 446 g/mol. The van der Waals surface area contributed by atoms with Gasteiger partial charge in [-0.15, -0.1) is 11.3 Å². The van der Waals surface area contributed by atoms with Crippen LogP contribution in [-0.2, 0) is 27.8 Å². The fourth-order valence-corrected chi connectivity index (χ4v) is 6.28. The van der Waals surface area contributed by atoms with Crippen molar-refractivity contribution >= 4 is 33.2 Å². The lowest BCUT2D eigenvalue weighted by Crippen LogP contribution is -2.49. The number of carbonyl (C=O) groups is 2. The molecule has 0 bridgehead atoms. The van der Waals surface area contributed by atoms with E-state index < -0.39 is 16.1 Å². The second kappa shape index (κ2) is 10.6. The van der Waals surface area contributed by atoms with Gasteiger partial charge in [-0.25, -0.2) is 8.42 Å². The summed E-state index contributed by atoms with van der Waals surface area (Å²) in [6.07, 6.45) is 2.15. The predicted octanol–water partition coefficient (Wildman–Crippen LogP) is 3.26. The molecule has 1 N–H and O–H groups in total. The van der Waals surface area contributed by atoms with Gasteiger partial charge < -0.3 is 10.2 Å². The minimum Gasteiger partial charge on any atom is -0.340 e. The zero-order chi connectivity index (χ0) is 23.3. The van der Waals surface area contributed by atoms with Crippen molar-refractivity contribution in [2.75, 3.05) is 19.6 Å². The van der Waals surface area contributed by atoms with Gasteiger partial charge in [0.05, 0.1) is 4.90 Å². The Morgan fingerprint density at radius 3 is 2.44 bits per heavy atom. The molecule has 32 heavy (non-hydrogen) atoms. The van der Waals surface area contributed by atoms with Crippen molar-refractivity contribution in [3.05, 3.63) is 51.7 Å². The highest BCUT2D eigenvalue weighted by atomic mass is 32.2. The molecule has 1 aromatic carbocycles. The van der Waals surface area contributed by atoms with Crippen LogP contribution in [-0.4, -0.2) is 55.1 Å². The molecule has 9 heteroatoms. The van der Waals surface area contributed by atoms with Gasteiger partial charge in [-0.05, 0) is 54.1 Å². The second-order valence-electron chi connectivity index (χ2n) is 7.81. The van der Waals surface area contributed by atoms with Crippen LogP contribution >= 0.6 is 11.3 Å². The van der Waals surface area contributed by atoms with Crippen molar-refractivity contribution in [3.8, 4) is 0 Å². The average molecular weight is 478 g/mol. The van der Waals surface area contributed by atoms with Crippen molar-refractivity contribution in [3.63, 3.8) is 0 Å². The summed E-state index contributed by atoms with van der Waals surface area (Å²) in [5, 5.41) is 4.91. The van der Waals surface area contributed by atoms with Crippen LogP contribution in [0.4, 0.5) is 0 Å². The lowest BCUT2D eigenvalue weighted by Gasteiger charge is -2.31. The summed E-state index contributed by atoms with van der Waals surface area (Å²) in [6, 6.07) is 7.34. The van der Waals surface area contributed by atoms with E-state index in [2.05, 4.69) is 11.4 Å². The third-order valence-electron chi connectivity index (χ3n) is 5.76. The first-order valence-corrected chi connectivity index (χ1v) is 13.4. The topological polar surface area (TPSA) is 86.8 Å². The van der Waals surface area contributed by atoms with Crippen molar-refractivity contribution in [1.29, 1.82) is 0 Å². The van der Waals surface area contributed by atoms with E-state index in [9.17, 15) is 18.0 Å². The van der Waals surface area contributed by atoms with Crippen molar-refractivity contribution in [2.45, 2.75) is 57.5 Å². The number of hydrogen-bond acceptors (Lipinski definition) is 5. The molecule has 0 saturated carbocycles. The molecule has 0 fully saturated rings. The van der Waals surface area contributed by atoms with Crippen LogP contribution in [0.5, 0.6) is 0 Å². The summed E-state index contributed by atoms with van der Waals surface area (Å²) >= 11 is 1.72. The Bertz CT molecular complexity index is 1040. The first kappa shape index (κ1) is 24.4. The average Bonchev–Trinajstić information content (AvgIpc) is 3.27. The number of thiophene rings is 1. The number of hydrogen-bond donors (Lipinski definition) is 1. The molecular formula is C23H31N3O4S2. The van der Waals surface area contributed by atoms with E-state index in [1.165, 1.54) is 39.0 Å². The highest BCUT2D eigenvalue weighted by molar-refractivity contribution is 7.89. The van der Waals surface area contributed by atoms with Gasteiger partial charge in [-0.3, -0.25) is 9.59 Å². The van der Waals surface area contributed by atoms with E-state index >= 15 is 0 Å². The summed E-state index contributed by atoms with van der Waals surface area (Å²) < 4.78 is 26.7. The largest absolute Gasteiger partial charge is 0.340 e. The number of amides is 2. The van der Waals surface area contributed by atoms with Crippen LogP contribution in [0, 0.1) is 0 Å². The minimum atomic E-state index is -3.58. The minimum absolute atomic E-state index is 0.0715. The van der Waals surface area contributed by atoms with Gasteiger partial charge in [-0.1, -0.05) is 27.2 Å². The fourth-order valence-electron chi connectivity index (χ4n) is 3.94. The molecule has 7 nitrogen and oxygen atoms in total. The maximum absolute atomic E-state index is 13.1. The monoisotopic (exact) mass is 477 g/mol. The highest BCUT2D eigenvalue weighted by Gasteiger charge is 2.29. The fraction of sp³-hybridized carbons (Fsp3) is 0.478. The molecule has 0 saturated heterocycles. The number of nitrogens with zero attached hydrogens (tertiary/aromatic N) is 2. The van der Waals surface area contributed by atoms with Crippen LogP contribution in [0.15, 0.2) is 40.6 Å². The van der Waals surface area contributed by atoms with E-state index in [0.717, 1.165) is 12.8 Å². The Kier molecular flexibility index (Phi) is 8.08. The Balaban J connectivity index is 1.70. The molecule has 0 radical (unpaired) electrons. The quantitative estimate of drug-likeness (QED) is 0.601. The molecule has 1 aliphatic heterocycles. The number of sulfonamides is 1. The van der Waals surface area contributed by atoms with E-state index in [-0.39, 0.29) is 16.7 Å². The highest BCUT2D eigenvalue weighted by Crippen LogP contribution is 2.25. The smallest absolute Gasteiger partial charge is 0.251 e. The molecule has 2 heterocycles. The molecule has 1 atom stereocenters. The molecule has 174 valence electrons. The van der Waals surface area contributed by atoms with Crippen LogP contribution in [0.1, 0.15) is 54.4 Å². The van der Waals surface area contributed by atoms with Crippen LogP contribution in [0.3, 0.4) is 0 Å². The summed E-state index contributed by atoms with van der Waals surface area (Å²) in [4.78, 5) is 29.3. The van der Waals surface area contributed by atoms with Crippen LogP contribution in [0.2, 0.25) is 0 Å². The lowest BCUT2D eigenvalue weighted by molar-refractivity contribution is -0.134. The zero-order valence-corrected chi connectivity index (χ0v) is 20.5. The van der Waals surface area contributed by atoms with Crippen molar-refractivity contribution in [1.82, 2.24) is 14.5 Å². The van der Waals surface area contributed by atoms with E-state index in [1.807, 2.05) is 17.2 Å². The normalized spacial score (nSPS) is 14.8. The molecule has 3 rings (SSSR count). The molecule has 2 aromatic rings. The molecule has 2 amide bonds. The molecule has 0 spiro atoms. The number of fused-ring (bicyclic) bond motifs is 1. The molecule has 1 aliphatic rings.